The standard InChI is InChI=1S/C22H18N6O5S/c29-22(26-15-5-8-21(24-12-15)28-14-23-13-25-28)17-3-1-2-4-18(17)27-34(30,31)16-6-7-19-20(11-16)33-10-9-32-19/h1-8,11-14,27H,9-10H2,(H,26,29). The summed E-state index contributed by atoms with van der Waals surface area (Å²) in [5.41, 5.74) is 0.699. The van der Waals surface area contributed by atoms with E-state index in [2.05, 4.69) is 25.1 Å². The lowest BCUT2D eigenvalue weighted by atomic mass is 10.1. The number of ether oxygens (including phenoxy) is 2. The van der Waals surface area contributed by atoms with E-state index in [1.807, 2.05) is 0 Å². The van der Waals surface area contributed by atoms with Gasteiger partial charge in [0.15, 0.2) is 17.3 Å². The number of hydrogen-bond acceptors (Lipinski definition) is 8. The molecular formula is C22H18N6O5S. The monoisotopic (exact) mass is 478 g/mol. The highest BCUT2D eigenvalue weighted by Gasteiger charge is 2.22. The number of anilines is 2. The van der Waals surface area contributed by atoms with Gasteiger partial charge in [-0.05, 0) is 36.4 Å². The Labute approximate surface area is 194 Å². The first-order chi connectivity index (χ1) is 16.5. The average molecular weight is 478 g/mol. The van der Waals surface area contributed by atoms with Crippen molar-refractivity contribution >= 4 is 27.3 Å². The van der Waals surface area contributed by atoms with Crippen molar-refractivity contribution in [1.82, 2.24) is 19.7 Å². The van der Waals surface area contributed by atoms with Gasteiger partial charge in [-0.1, -0.05) is 12.1 Å². The molecule has 0 unspecified atom stereocenters. The van der Waals surface area contributed by atoms with E-state index in [0.717, 1.165) is 0 Å². The summed E-state index contributed by atoms with van der Waals surface area (Å²) in [6.45, 7) is 0.736. The summed E-state index contributed by atoms with van der Waals surface area (Å²) in [6.07, 6.45) is 4.36. The number of aromatic nitrogens is 4. The third-order valence-corrected chi connectivity index (χ3v) is 6.26. The van der Waals surface area contributed by atoms with Crippen molar-refractivity contribution in [2.75, 3.05) is 23.3 Å². The van der Waals surface area contributed by atoms with Crippen LogP contribution in [0.1, 0.15) is 10.4 Å². The second-order valence-electron chi connectivity index (χ2n) is 7.16. The molecule has 1 amide bonds. The molecule has 5 rings (SSSR count). The lowest BCUT2D eigenvalue weighted by Crippen LogP contribution is -2.19. The summed E-state index contributed by atoms with van der Waals surface area (Å²) in [7, 11) is -4.00. The molecule has 0 fully saturated rings. The van der Waals surface area contributed by atoms with Crippen LogP contribution in [-0.2, 0) is 10.0 Å². The Morgan fingerprint density at radius 3 is 2.59 bits per heavy atom. The fraction of sp³-hybridized carbons (Fsp3) is 0.0909. The van der Waals surface area contributed by atoms with Crippen LogP contribution in [0.3, 0.4) is 0 Å². The first-order valence-corrected chi connectivity index (χ1v) is 11.6. The maximum absolute atomic E-state index is 13.0. The molecular weight excluding hydrogens is 460 g/mol. The van der Waals surface area contributed by atoms with E-state index < -0.39 is 15.9 Å². The Balaban J connectivity index is 1.35. The van der Waals surface area contributed by atoms with Gasteiger partial charge < -0.3 is 14.8 Å². The second-order valence-corrected chi connectivity index (χ2v) is 8.84. The van der Waals surface area contributed by atoms with Crippen molar-refractivity contribution in [3.05, 3.63) is 79.0 Å². The normalized spacial score (nSPS) is 12.7. The van der Waals surface area contributed by atoms with E-state index in [1.54, 1.807) is 24.3 Å². The van der Waals surface area contributed by atoms with Crippen LogP contribution in [0.2, 0.25) is 0 Å². The van der Waals surface area contributed by atoms with Crippen molar-refractivity contribution < 1.29 is 22.7 Å². The first kappa shape index (κ1) is 21.4. The number of carbonyl (C=O) groups excluding carboxylic acids is 1. The predicted molar refractivity (Wildman–Crippen MR) is 122 cm³/mol. The topological polar surface area (TPSA) is 137 Å². The number of sulfonamides is 1. The molecule has 3 heterocycles. The molecule has 2 N–H and O–H groups in total. The van der Waals surface area contributed by atoms with Gasteiger partial charge >= 0.3 is 0 Å². The molecule has 0 saturated carbocycles. The molecule has 1 aliphatic rings. The highest BCUT2D eigenvalue weighted by atomic mass is 32.2. The smallest absolute Gasteiger partial charge is 0.262 e. The van der Waals surface area contributed by atoms with Crippen LogP contribution in [0.5, 0.6) is 11.5 Å². The number of benzene rings is 2. The van der Waals surface area contributed by atoms with E-state index in [4.69, 9.17) is 9.47 Å². The van der Waals surface area contributed by atoms with Gasteiger partial charge in [0.25, 0.3) is 15.9 Å². The first-order valence-electron chi connectivity index (χ1n) is 10.1. The molecule has 0 saturated heterocycles. The van der Waals surface area contributed by atoms with Crippen LogP contribution in [-0.4, -0.2) is 47.3 Å². The van der Waals surface area contributed by atoms with E-state index in [9.17, 15) is 13.2 Å². The maximum Gasteiger partial charge on any atom is 0.262 e. The van der Waals surface area contributed by atoms with Gasteiger partial charge in [0.05, 0.1) is 28.0 Å². The Bertz CT molecular complexity index is 1440. The van der Waals surface area contributed by atoms with Gasteiger partial charge in [0, 0.05) is 6.07 Å². The SMILES string of the molecule is O=C(Nc1ccc(-n2cncn2)nc1)c1ccccc1NS(=O)(=O)c1ccc2c(c1)OCCO2. The van der Waals surface area contributed by atoms with Crippen molar-refractivity contribution in [1.29, 1.82) is 0 Å². The van der Waals surface area contributed by atoms with Gasteiger partial charge in [-0.2, -0.15) is 5.10 Å². The van der Waals surface area contributed by atoms with Crippen LogP contribution >= 0.6 is 0 Å². The average Bonchev–Trinajstić information content (AvgIpc) is 3.39. The predicted octanol–water partition coefficient (Wildman–Crippen LogP) is 2.49. The maximum atomic E-state index is 13.0. The van der Waals surface area contributed by atoms with Crippen molar-refractivity contribution in [2.24, 2.45) is 0 Å². The Hall–Kier alpha value is -4.45. The highest BCUT2D eigenvalue weighted by Crippen LogP contribution is 2.33. The lowest BCUT2D eigenvalue weighted by Gasteiger charge is -2.19. The molecule has 172 valence electrons. The quantitative estimate of drug-likeness (QED) is 0.431. The zero-order valence-corrected chi connectivity index (χ0v) is 18.4. The minimum Gasteiger partial charge on any atom is -0.486 e. The van der Waals surface area contributed by atoms with Gasteiger partial charge in [0.1, 0.15) is 25.9 Å². The minimum absolute atomic E-state index is 0.0140. The van der Waals surface area contributed by atoms with Crippen molar-refractivity contribution in [3.63, 3.8) is 0 Å². The van der Waals surface area contributed by atoms with E-state index >= 15 is 0 Å². The number of hydrogen-bond donors (Lipinski definition) is 2. The summed E-state index contributed by atoms with van der Waals surface area (Å²) in [5.74, 6) is 0.856. The van der Waals surface area contributed by atoms with Crippen LogP contribution < -0.4 is 19.5 Å². The van der Waals surface area contributed by atoms with Crippen LogP contribution in [0.4, 0.5) is 11.4 Å². The zero-order chi connectivity index (χ0) is 23.5. The number of carbonyl (C=O) groups is 1. The molecule has 12 heteroatoms. The molecule has 0 bridgehead atoms. The molecule has 2 aromatic carbocycles. The number of pyridine rings is 1. The third kappa shape index (κ3) is 4.38. The Morgan fingerprint density at radius 1 is 1.00 bits per heavy atom. The van der Waals surface area contributed by atoms with E-state index in [0.29, 0.717) is 36.2 Å². The molecule has 0 spiro atoms. The van der Waals surface area contributed by atoms with E-state index in [1.165, 1.54) is 53.9 Å². The number of rotatable bonds is 6. The summed E-state index contributed by atoms with van der Waals surface area (Å²) in [6, 6.07) is 14.0. The lowest BCUT2D eigenvalue weighted by molar-refractivity contribution is 0.102. The summed E-state index contributed by atoms with van der Waals surface area (Å²) < 4.78 is 40.9. The molecule has 11 nitrogen and oxygen atoms in total. The van der Waals surface area contributed by atoms with Crippen LogP contribution in [0, 0.1) is 0 Å². The van der Waals surface area contributed by atoms with Crippen LogP contribution in [0.15, 0.2) is 78.3 Å². The Morgan fingerprint density at radius 2 is 1.82 bits per heavy atom. The number of para-hydroxylation sites is 1. The second kappa shape index (κ2) is 8.83. The van der Waals surface area contributed by atoms with E-state index in [-0.39, 0.29) is 16.1 Å². The molecule has 1 aliphatic heterocycles. The van der Waals surface area contributed by atoms with Crippen LogP contribution in [0.25, 0.3) is 5.82 Å². The van der Waals surface area contributed by atoms with Gasteiger partial charge in [0.2, 0.25) is 0 Å². The minimum atomic E-state index is -4.00. The molecule has 0 radical (unpaired) electrons. The number of amides is 1. The molecule has 34 heavy (non-hydrogen) atoms. The largest absolute Gasteiger partial charge is 0.486 e. The summed E-state index contributed by atoms with van der Waals surface area (Å²) in [5, 5.41) is 6.71. The Kier molecular flexibility index (Phi) is 5.55. The number of fused-ring (bicyclic) bond motifs is 1. The van der Waals surface area contributed by atoms with Gasteiger partial charge in [-0.25, -0.2) is 23.1 Å². The van der Waals surface area contributed by atoms with Gasteiger partial charge in [-0.15, -0.1) is 0 Å². The number of nitrogens with zero attached hydrogens (tertiary/aromatic N) is 4. The zero-order valence-electron chi connectivity index (χ0n) is 17.6. The summed E-state index contributed by atoms with van der Waals surface area (Å²) >= 11 is 0. The number of nitrogens with one attached hydrogen (secondary N) is 2. The fourth-order valence-corrected chi connectivity index (χ4v) is 4.38. The highest BCUT2D eigenvalue weighted by molar-refractivity contribution is 7.92. The summed E-state index contributed by atoms with van der Waals surface area (Å²) in [4.78, 5) is 21.0. The third-order valence-electron chi connectivity index (χ3n) is 4.90. The molecule has 4 aromatic rings. The van der Waals surface area contributed by atoms with Crippen molar-refractivity contribution in [3.8, 4) is 17.3 Å². The molecule has 0 atom stereocenters. The van der Waals surface area contributed by atoms with Gasteiger partial charge in [-0.3, -0.25) is 9.52 Å². The molecule has 0 aliphatic carbocycles. The molecule has 2 aromatic heterocycles. The fourth-order valence-electron chi connectivity index (χ4n) is 3.29. The van der Waals surface area contributed by atoms with Crippen molar-refractivity contribution in [2.45, 2.75) is 4.90 Å².